The maximum atomic E-state index is 12.6. The molecule has 3 aromatic rings. The molecule has 7 heteroatoms. The number of nitrogens with one attached hydrogen (secondary N) is 1. The lowest BCUT2D eigenvalue weighted by molar-refractivity contribution is -0.145. The summed E-state index contributed by atoms with van der Waals surface area (Å²) in [7, 11) is 2.71. The molecule has 0 saturated carbocycles. The molecule has 0 aromatic heterocycles. The van der Waals surface area contributed by atoms with Crippen molar-refractivity contribution in [2.24, 2.45) is 0 Å². The number of amides is 1. The third-order valence-electron chi connectivity index (χ3n) is 4.73. The Bertz CT molecular complexity index is 1080. The van der Waals surface area contributed by atoms with Crippen molar-refractivity contribution in [3.05, 3.63) is 77.9 Å². The first-order valence-corrected chi connectivity index (χ1v) is 9.67. The monoisotopic (exact) mass is 421 g/mol. The Morgan fingerprint density at radius 2 is 1.55 bits per heavy atom. The Labute approximate surface area is 179 Å². The molecule has 0 radical (unpaired) electrons. The van der Waals surface area contributed by atoms with Crippen LogP contribution >= 0.6 is 0 Å². The zero-order chi connectivity index (χ0) is 22.2. The quantitative estimate of drug-likeness (QED) is 0.563. The summed E-state index contributed by atoms with van der Waals surface area (Å²) in [6, 6.07) is 19.2. The molecule has 160 valence electrons. The minimum absolute atomic E-state index is 0.211. The maximum absolute atomic E-state index is 12.6. The van der Waals surface area contributed by atoms with Crippen LogP contribution < -0.4 is 10.1 Å². The van der Waals surface area contributed by atoms with Crippen molar-refractivity contribution in [3.63, 3.8) is 0 Å². The van der Waals surface area contributed by atoms with E-state index in [0.29, 0.717) is 5.75 Å². The summed E-state index contributed by atoms with van der Waals surface area (Å²) in [4.78, 5) is 37.0. The first kappa shape index (κ1) is 21.8. The van der Waals surface area contributed by atoms with Crippen LogP contribution in [-0.2, 0) is 25.5 Å². The Balaban J connectivity index is 1.65. The standard InChI is InChI=1S/C24H23NO6/c1-29-21-14-18-11-7-6-10-17(18)13-19(21)23(27)31-15-22(26)25-20(24(28)30-2)12-16-8-4-3-5-9-16/h3-11,13-14,20H,12,15H2,1-2H3,(H,25,26)/t20-/m1/s1. The number of fused-ring (bicyclic) bond motifs is 1. The number of ether oxygens (including phenoxy) is 3. The molecule has 0 unspecified atom stereocenters. The molecule has 1 N–H and O–H groups in total. The molecule has 31 heavy (non-hydrogen) atoms. The van der Waals surface area contributed by atoms with Gasteiger partial charge in [0.15, 0.2) is 6.61 Å². The highest BCUT2D eigenvalue weighted by Gasteiger charge is 2.23. The van der Waals surface area contributed by atoms with Gasteiger partial charge in [0.1, 0.15) is 17.4 Å². The Morgan fingerprint density at radius 3 is 2.19 bits per heavy atom. The van der Waals surface area contributed by atoms with Gasteiger partial charge in [0.2, 0.25) is 0 Å². The van der Waals surface area contributed by atoms with E-state index in [9.17, 15) is 14.4 Å². The van der Waals surface area contributed by atoms with E-state index in [0.717, 1.165) is 16.3 Å². The molecule has 0 heterocycles. The molecule has 0 fully saturated rings. The van der Waals surface area contributed by atoms with Gasteiger partial charge in [-0.25, -0.2) is 9.59 Å². The van der Waals surface area contributed by atoms with E-state index >= 15 is 0 Å². The molecule has 0 bridgehead atoms. The second kappa shape index (κ2) is 10.2. The number of carbonyl (C=O) groups excluding carboxylic acids is 3. The van der Waals surface area contributed by atoms with Crippen molar-refractivity contribution in [2.75, 3.05) is 20.8 Å². The number of esters is 2. The molecular formula is C24H23NO6. The highest BCUT2D eigenvalue weighted by Crippen LogP contribution is 2.26. The van der Waals surface area contributed by atoms with Gasteiger partial charge in [-0.05, 0) is 28.5 Å². The summed E-state index contributed by atoms with van der Waals surface area (Å²) < 4.78 is 15.2. The molecular weight excluding hydrogens is 398 g/mol. The van der Waals surface area contributed by atoms with E-state index in [4.69, 9.17) is 14.2 Å². The average molecular weight is 421 g/mol. The van der Waals surface area contributed by atoms with Crippen molar-refractivity contribution in [1.82, 2.24) is 5.32 Å². The normalized spacial score (nSPS) is 11.4. The van der Waals surface area contributed by atoms with Crippen LogP contribution in [0.1, 0.15) is 15.9 Å². The van der Waals surface area contributed by atoms with Crippen LogP contribution in [0.15, 0.2) is 66.7 Å². The van der Waals surface area contributed by atoms with Crippen LogP contribution in [0.5, 0.6) is 5.75 Å². The van der Waals surface area contributed by atoms with Gasteiger partial charge in [-0.2, -0.15) is 0 Å². The fourth-order valence-corrected chi connectivity index (χ4v) is 3.18. The van der Waals surface area contributed by atoms with Gasteiger partial charge in [-0.15, -0.1) is 0 Å². The zero-order valence-corrected chi connectivity index (χ0v) is 17.3. The Morgan fingerprint density at radius 1 is 0.903 bits per heavy atom. The number of carbonyl (C=O) groups is 3. The highest BCUT2D eigenvalue weighted by molar-refractivity contribution is 5.99. The van der Waals surface area contributed by atoms with Gasteiger partial charge >= 0.3 is 11.9 Å². The van der Waals surface area contributed by atoms with Crippen LogP contribution in [-0.4, -0.2) is 44.7 Å². The fourth-order valence-electron chi connectivity index (χ4n) is 3.18. The minimum Gasteiger partial charge on any atom is -0.496 e. The van der Waals surface area contributed by atoms with Crippen LogP contribution in [0, 0.1) is 0 Å². The maximum Gasteiger partial charge on any atom is 0.342 e. The van der Waals surface area contributed by atoms with E-state index in [-0.39, 0.29) is 12.0 Å². The van der Waals surface area contributed by atoms with E-state index in [1.807, 2.05) is 54.6 Å². The van der Waals surface area contributed by atoms with E-state index in [1.165, 1.54) is 14.2 Å². The second-order valence-corrected chi connectivity index (χ2v) is 6.81. The Hall–Kier alpha value is -3.87. The van der Waals surface area contributed by atoms with Crippen LogP contribution in [0.4, 0.5) is 0 Å². The summed E-state index contributed by atoms with van der Waals surface area (Å²) in [5, 5.41) is 4.31. The van der Waals surface area contributed by atoms with E-state index in [1.54, 1.807) is 12.1 Å². The lowest BCUT2D eigenvalue weighted by atomic mass is 10.1. The molecule has 3 rings (SSSR count). The molecule has 7 nitrogen and oxygen atoms in total. The number of methoxy groups -OCH3 is 2. The summed E-state index contributed by atoms with van der Waals surface area (Å²) in [6.07, 6.45) is 0.256. The van der Waals surface area contributed by atoms with Crippen LogP contribution in [0.3, 0.4) is 0 Å². The number of benzene rings is 3. The minimum atomic E-state index is -0.895. The van der Waals surface area contributed by atoms with Crippen molar-refractivity contribution >= 4 is 28.6 Å². The average Bonchev–Trinajstić information content (AvgIpc) is 2.81. The summed E-state index contributed by atoms with van der Waals surface area (Å²) in [5.74, 6) is -1.55. The topological polar surface area (TPSA) is 90.9 Å². The summed E-state index contributed by atoms with van der Waals surface area (Å²) in [5.41, 5.74) is 1.07. The second-order valence-electron chi connectivity index (χ2n) is 6.81. The Kier molecular flexibility index (Phi) is 7.22. The van der Waals surface area contributed by atoms with Gasteiger partial charge in [-0.1, -0.05) is 54.6 Å². The molecule has 1 amide bonds. The predicted octanol–water partition coefficient (Wildman–Crippen LogP) is 2.91. The SMILES string of the molecule is COC(=O)[C@@H](Cc1ccccc1)NC(=O)COC(=O)c1cc2ccccc2cc1OC. The molecule has 0 aliphatic heterocycles. The summed E-state index contributed by atoms with van der Waals surface area (Å²) in [6.45, 7) is -0.545. The van der Waals surface area contributed by atoms with Gasteiger partial charge in [0.05, 0.1) is 14.2 Å². The van der Waals surface area contributed by atoms with Crippen molar-refractivity contribution in [3.8, 4) is 5.75 Å². The molecule has 0 spiro atoms. The van der Waals surface area contributed by atoms with Gasteiger partial charge < -0.3 is 19.5 Å². The fraction of sp³-hybridized carbons (Fsp3) is 0.208. The molecule has 3 aromatic carbocycles. The molecule has 0 aliphatic rings. The van der Waals surface area contributed by atoms with Gasteiger partial charge in [0.25, 0.3) is 5.91 Å². The first-order valence-electron chi connectivity index (χ1n) is 9.67. The van der Waals surface area contributed by atoms with Gasteiger partial charge in [-0.3, -0.25) is 4.79 Å². The molecule has 0 aliphatic carbocycles. The summed E-state index contributed by atoms with van der Waals surface area (Å²) >= 11 is 0. The lowest BCUT2D eigenvalue weighted by Gasteiger charge is -2.17. The van der Waals surface area contributed by atoms with Crippen molar-refractivity contribution < 1.29 is 28.6 Å². The van der Waals surface area contributed by atoms with Crippen molar-refractivity contribution in [1.29, 1.82) is 0 Å². The number of rotatable bonds is 8. The van der Waals surface area contributed by atoms with E-state index < -0.39 is 30.5 Å². The predicted molar refractivity (Wildman–Crippen MR) is 115 cm³/mol. The van der Waals surface area contributed by atoms with Gasteiger partial charge in [0, 0.05) is 6.42 Å². The molecule has 0 saturated heterocycles. The number of hydrogen-bond acceptors (Lipinski definition) is 6. The number of hydrogen-bond donors (Lipinski definition) is 1. The first-order chi connectivity index (χ1) is 15.0. The lowest BCUT2D eigenvalue weighted by Crippen LogP contribution is -2.44. The highest BCUT2D eigenvalue weighted by atomic mass is 16.5. The van der Waals surface area contributed by atoms with E-state index in [2.05, 4.69) is 5.32 Å². The smallest absolute Gasteiger partial charge is 0.342 e. The largest absolute Gasteiger partial charge is 0.496 e. The third kappa shape index (κ3) is 5.60. The van der Waals surface area contributed by atoms with Crippen molar-refractivity contribution in [2.45, 2.75) is 12.5 Å². The molecule has 1 atom stereocenters. The third-order valence-corrected chi connectivity index (χ3v) is 4.73. The van der Waals surface area contributed by atoms with Crippen LogP contribution in [0.2, 0.25) is 0 Å². The van der Waals surface area contributed by atoms with Crippen LogP contribution in [0.25, 0.3) is 10.8 Å². The zero-order valence-electron chi connectivity index (χ0n) is 17.3.